The van der Waals surface area contributed by atoms with Crippen molar-refractivity contribution in [1.29, 1.82) is 0 Å². The second kappa shape index (κ2) is 11.9. The van der Waals surface area contributed by atoms with Crippen molar-refractivity contribution in [2.75, 3.05) is 32.6 Å². The lowest BCUT2D eigenvalue weighted by Crippen LogP contribution is -2.22. The lowest BCUT2D eigenvalue weighted by atomic mass is 10.2. The minimum absolute atomic E-state index is 0.111. The van der Waals surface area contributed by atoms with Crippen molar-refractivity contribution >= 4 is 23.6 Å². The lowest BCUT2D eigenvalue weighted by molar-refractivity contribution is -0.140. The fraction of sp³-hybridized carbons (Fsp3) is 0.400. The Morgan fingerprint density at radius 2 is 1.80 bits per heavy atom. The Kier molecular flexibility index (Phi) is 9.75. The van der Waals surface area contributed by atoms with Gasteiger partial charge in [0, 0.05) is 38.8 Å². The van der Waals surface area contributed by atoms with Crippen LogP contribution in [0, 0.1) is 0 Å². The number of nitrogens with zero attached hydrogens (tertiary/aromatic N) is 1. The summed E-state index contributed by atoms with van der Waals surface area (Å²) in [4.78, 5) is 24.6. The van der Waals surface area contributed by atoms with Gasteiger partial charge in [0.15, 0.2) is 0 Å². The third-order valence-electron chi connectivity index (χ3n) is 3.64. The first-order valence-electron chi connectivity index (χ1n) is 8.49. The number of amides is 1. The fourth-order valence-corrected chi connectivity index (χ4v) is 2.14. The number of hydrogen-bond donors (Lipinski definition) is 1. The van der Waals surface area contributed by atoms with E-state index in [1.807, 2.05) is 43.3 Å². The Labute approximate surface area is 150 Å². The molecule has 0 aliphatic carbocycles. The molecule has 5 heteroatoms. The highest BCUT2D eigenvalue weighted by molar-refractivity contribution is 5.87. The summed E-state index contributed by atoms with van der Waals surface area (Å²) in [6, 6.07) is 8.18. The van der Waals surface area contributed by atoms with E-state index >= 15 is 0 Å². The smallest absolute Gasteiger partial charge is 0.305 e. The highest BCUT2D eigenvalue weighted by Crippen LogP contribution is 2.13. The molecule has 0 saturated heterocycles. The van der Waals surface area contributed by atoms with Crippen LogP contribution in [-0.4, -0.2) is 39.6 Å². The number of methoxy groups -OCH3 is 1. The highest BCUT2D eigenvalue weighted by Gasteiger charge is 1.99. The molecule has 0 fully saturated rings. The Bertz CT molecular complexity index is 589. The summed E-state index contributed by atoms with van der Waals surface area (Å²) in [7, 11) is 5.40. The molecular formula is C20H28N2O3. The van der Waals surface area contributed by atoms with Gasteiger partial charge in [-0.2, -0.15) is 0 Å². The monoisotopic (exact) mass is 344 g/mol. The predicted octanol–water partition coefficient (Wildman–Crippen LogP) is 3.17. The first-order valence-corrected chi connectivity index (χ1v) is 8.49. The Morgan fingerprint density at radius 3 is 2.44 bits per heavy atom. The van der Waals surface area contributed by atoms with Crippen LogP contribution in [0.15, 0.2) is 42.5 Å². The first-order chi connectivity index (χ1) is 12.0. The summed E-state index contributed by atoms with van der Waals surface area (Å²) in [6.07, 6.45) is 10.0. The molecule has 5 nitrogen and oxygen atoms in total. The van der Waals surface area contributed by atoms with Gasteiger partial charge in [-0.3, -0.25) is 9.59 Å². The van der Waals surface area contributed by atoms with Gasteiger partial charge in [-0.15, -0.1) is 0 Å². The minimum atomic E-state index is -0.185. The molecule has 0 atom stereocenters. The van der Waals surface area contributed by atoms with Crippen molar-refractivity contribution < 1.29 is 14.3 Å². The van der Waals surface area contributed by atoms with Crippen LogP contribution in [0.5, 0.6) is 0 Å². The van der Waals surface area contributed by atoms with Gasteiger partial charge in [0.2, 0.25) is 5.91 Å². The summed E-state index contributed by atoms with van der Waals surface area (Å²) in [5.74, 6) is -0.296. The molecule has 0 spiro atoms. The van der Waals surface area contributed by atoms with Crippen molar-refractivity contribution in [3.05, 3.63) is 48.1 Å². The molecule has 0 aliphatic rings. The van der Waals surface area contributed by atoms with Gasteiger partial charge in [-0.05, 0) is 30.5 Å². The van der Waals surface area contributed by atoms with Crippen molar-refractivity contribution in [1.82, 2.24) is 5.32 Å². The van der Waals surface area contributed by atoms with E-state index in [2.05, 4.69) is 22.2 Å². The number of allylic oxidation sites excluding steroid dienone is 2. The zero-order valence-electron chi connectivity index (χ0n) is 15.3. The number of unbranched alkanes of at least 4 members (excludes halogenated alkanes) is 2. The third-order valence-corrected chi connectivity index (χ3v) is 3.64. The number of benzene rings is 1. The number of hydrogen-bond acceptors (Lipinski definition) is 4. The maximum Gasteiger partial charge on any atom is 0.305 e. The summed E-state index contributed by atoms with van der Waals surface area (Å²) in [5, 5.41) is 2.82. The maximum absolute atomic E-state index is 11.6. The van der Waals surface area contributed by atoms with Gasteiger partial charge < -0.3 is 15.0 Å². The Balaban J connectivity index is 2.20. The topological polar surface area (TPSA) is 58.6 Å². The zero-order valence-corrected chi connectivity index (χ0v) is 15.3. The Hall–Kier alpha value is -2.56. The number of anilines is 1. The van der Waals surface area contributed by atoms with Crippen molar-refractivity contribution in [3.8, 4) is 0 Å². The van der Waals surface area contributed by atoms with Crippen LogP contribution in [0.2, 0.25) is 0 Å². The molecule has 136 valence electrons. The molecule has 0 heterocycles. The molecule has 1 amide bonds. The van der Waals surface area contributed by atoms with Crippen LogP contribution < -0.4 is 10.2 Å². The van der Waals surface area contributed by atoms with Gasteiger partial charge in [0.1, 0.15) is 0 Å². The van der Waals surface area contributed by atoms with E-state index in [-0.39, 0.29) is 11.9 Å². The van der Waals surface area contributed by atoms with E-state index in [9.17, 15) is 9.59 Å². The molecule has 25 heavy (non-hydrogen) atoms. The third kappa shape index (κ3) is 9.35. The molecule has 1 N–H and O–H groups in total. The minimum Gasteiger partial charge on any atom is -0.469 e. The number of ether oxygens (including phenoxy) is 1. The number of esters is 1. The molecule has 1 aromatic carbocycles. The van der Waals surface area contributed by atoms with Gasteiger partial charge in [-0.25, -0.2) is 0 Å². The van der Waals surface area contributed by atoms with Crippen LogP contribution >= 0.6 is 0 Å². The second-order valence-electron chi connectivity index (χ2n) is 5.88. The number of nitrogens with one attached hydrogen (secondary N) is 1. The van der Waals surface area contributed by atoms with Crippen LogP contribution in [0.1, 0.15) is 31.2 Å². The summed E-state index contributed by atoms with van der Waals surface area (Å²) in [5.41, 5.74) is 2.24. The molecule has 1 rings (SSSR count). The van der Waals surface area contributed by atoms with E-state index in [1.54, 1.807) is 6.08 Å². The molecule has 0 saturated carbocycles. The van der Waals surface area contributed by atoms with Gasteiger partial charge in [0.25, 0.3) is 0 Å². The van der Waals surface area contributed by atoms with E-state index in [4.69, 9.17) is 0 Å². The van der Waals surface area contributed by atoms with E-state index < -0.39 is 0 Å². The van der Waals surface area contributed by atoms with E-state index in [0.717, 1.165) is 30.5 Å². The Morgan fingerprint density at radius 1 is 1.08 bits per heavy atom. The number of carbonyl (C=O) groups is 2. The summed E-state index contributed by atoms with van der Waals surface area (Å²) in [6.45, 7) is 0.611. The standard InChI is InChI=1S/C20H28N2O3/c1-22(2)18-14-12-17(13-15-18)9-6-7-10-19(23)21-16-8-4-5-11-20(24)25-3/h6-7,9-10,12-15H,4-5,8,11,16H2,1-3H3,(H,21,23)/b9-6+,10-7+. The average Bonchev–Trinajstić information content (AvgIpc) is 2.61. The summed E-state index contributed by atoms with van der Waals surface area (Å²) >= 11 is 0. The number of carbonyl (C=O) groups excluding carboxylic acids is 2. The predicted molar refractivity (Wildman–Crippen MR) is 102 cm³/mol. The molecule has 0 aromatic heterocycles. The lowest BCUT2D eigenvalue weighted by Gasteiger charge is -2.11. The van der Waals surface area contributed by atoms with Crippen molar-refractivity contribution in [2.45, 2.75) is 25.7 Å². The zero-order chi connectivity index (χ0) is 18.5. The second-order valence-corrected chi connectivity index (χ2v) is 5.88. The fourth-order valence-electron chi connectivity index (χ4n) is 2.14. The molecular weight excluding hydrogens is 316 g/mol. The van der Waals surface area contributed by atoms with E-state index in [1.165, 1.54) is 13.2 Å². The first kappa shape index (κ1) is 20.5. The van der Waals surface area contributed by atoms with Crippen molar-refractivity contribution in [3.63, 3.8) is 0 Å². The van der Waals surface area contributed by atoms with E-state index in [0.29, 0.717) is 13.0 Å². The number of rotatable bonds is 10. The molecule has 0 aliphatic heterocycles. The maximum atomic E-state index is 11.6. The van der Waals surface area contributed by atoms with Crippen molar-refractivity contribution in [2.24, 2.45) is 0 Å². The SMILES string of the molecule is COC(=O)CCCCCNC(=O)/C=C/C=C/c1ccc(N(C)C)cc1. The van der Waals surface area contributed by atoms with Crippen LogP contribution in [0.4, 0.5) is 5.69 Å². The largest absolute Gasteiger partial charge is 0.469 e. The molecule has 0 radical (unpaired) electrons. The van der Waals surface area contributed by atoms with Gasteiger partial charge in [0.05, 0.1) is 7.11 Å². The normalized spacial score (nSPS) is 11.0. The molecule has 0 bridgehead atoms. The average molecular weight is 344 g/mol. The quantitative estimate of drug-likeness (QED) is 0.306. The van der Waals surface area contributed by atoms with Crippen LogP contribution in [-0.2, 0) is 14.3 Å². The highest BCUT2D eigenvalue weighted by atomic mass is 16.5. The van der Waals surface area contributed by atoms with Crippen LogP contribution in [0.25, 0.3) is 6.08 Å². The summed E-state index contributed by atoms with van der Waals surface area (Å²) < 4.78 is 4.57. The molecule has 1 aromatic rings. The van der Waals surface area contributed by atoms with Gasteiger partial charge >= 0.3 is 5.97 Å². The van der Waals surface area contributed by atoms with Gasteiger partial charge in [-0.1, -0.05) is 36.8 Å². The van der Waals surface area contributed by atoms with Crippen LogP contribution in [0.3, 0.4) is 0 Å². The molecule has 0 unspecified atom stereocenters.